The zero-order chi connectivity index (χ0) is 14.5. The fraction of sp³-hybridized carbons (Fsp3) is 0.462. The fourth-order valence-electron chi connectivity index (χ4n) is 2.13. The molecule has 2 rings (SSSR count). The van der Waals surface area contributed by atoms with Crippen molar-refractivity contribution in [1.29, 1.82) is 0 Å². The highest BCUT2D eigenvalue weighted by molar-refractivity contribution is 6.31. The molecule has 0 atom stereocenters. The van der Waals surface area contributed by atoms with Crippen LogP contribution in [0.5, 0.6) is 0 Å². The highest BCUT2D eigenvalue weighted by Crippen LogP contribution is 2.23. The number of nitrogens with zero attached hydrogens (tertiary/aromatic N) is 1. The van der Waals surface area contributed by atoms with Crippen LogP contribution in [0.3, 0.4) is 0 Å². The van der Waals surface area contributed by atoms with Crippen molar-refractivity contribution in [2.24, 2.45) is 5.92 Å². The minimum absolute atomic E-state index is 0.00504. The number of nitro groups is 1. The van der Waals surface area contributed by atoms with Crippen molar-refractivity contribution in [3.8, 4) is 0 Å². The van der Waals surface area contributed by atoms with Gasteiger partial charge in [0.05, 0.1) is 4.92 Å². The van der Waals surface area contributed by atoms with Crippen molar-refractivity contribution in [1.82, 2.24) is 5.32 Å². The lowest BCUT2D eigenvalue weighted by Gasteiger charge is -2.22. The molecule has 1 fully saturated rings. The van der Waals surface area contributed by atoms with Crippen LogP contribution in [-0.2, 0) is 4.74 Å². The molecule has 1 aliphatic rings. The van der Waals surface area contributed by atoms with Crippen LogP contribution in [0.25, 0.3) is 0 Å². The van der Waals surface area contributed by atoms with Crippen LogP contribution in [-0.4, -0.2) is 30.6 Å². The van der Waals surface area contributed by atoms with Crippen LogP contribution in [0.15, 0.2) is 18.2 Å². The van der Waals surface area contributed by atoms with Gasteiger partial charge in [0.1, 0.15) is 5.56 Å². The van der Waals surface area contributed by atoms with Gasteiger partial charge in [0.15, 0.2) is 0 Å². The lowest BCUT2D eigenvalue weighted by Crippen LogP contribution is -2.32. The number of halogens is 1. The predicted molar refractivity (Wildman–Crippen MR) is 74.0 cm³/mol. The maximum atomic E-state index is 12.1. The van der Waals surface area contributed by atoms with Crippen molar-refractivity contribution in [2.75, 3.05) is 19.8 Å². The van der Waals surface area contributed by atoms with Gasteiger partial charge < -0.3 is 10.1 Å². The number of nitro benzene ring substituents is 1. The number of carbonyl (C=O) groups excluding carboxylic acids is 1. The number of hydrogen-bond acceptors (Lipinski definition) is 4. The molecule has 6 nitrogen and oxygen atoms in total. The largest absolute Gasteiger partial charge is 0.381 e. The summed E-state index contributed by atoms with van der Waals surface area (Å²) in [4.78, 5) is 22.4. The van der Waals surface area contributed by atoms with Gasteiger partial charge in [-0.1, -0.05) is 11.6 Å². The molecule has 1 aromatic carbocycles. The molecular formula is C13H15ClN2O4. The van der Waals surface area contributed by atoms with E-state index in [2.05, 4.69) is 5.32 Å². The molecule has 0 radical (unpaired) electrons. The van der Waals surface area contributed by atoms with E-state index >= 15 is 0 Å². The molecule has 108 valence electrons. The Morgan fingerprint density at radius 1 is 1.45 bits per heavy atom. The van der Waals surface area contributed by atoms with Crippen molar-refractivity contribution in [3.63, 3.8) is 0 Å². The molecule has 1 aliphatic heterocycles. The quantitative estimate of drug-likeness (QED) is 0.683. The lowest BCUT2D eigenvalue weighted by molar-refractivity contribution is -0.385. The van der Waals surface area contributed by atoms with Crippen LogP contribution in [0.1, 0.15) is 23.2 Å². The third-order valence-electron chi connectivity index (χ3n) is 3.29. The molecule has 1 saturated heterocycles. The molecule has 1 N–H and O–H groups in total. The van der Waals surface area contributed by atoms with Gasteiger partial charge in [-0.3, -0.25) is 14.9 Å². The van der Waals surface area contributed by atoms with Crippen molar-refractivity contribution < 1.29 is 14.5 Å². The monoisotopic (exact) mass is 298 g/mol. The van der Waals surface area contributed by atoms with Gasteiger partial charge in [-0.25, -0.2) is 0 Å². The minimum Gasteiger partial charge on any atom is -0.381 e. The first-order chi connectivity index (χ1) is 9.58. The van der Waals surface area contributed by atoms with Crippen molar-refractivity contribution in [3.05, 3.63) is 38.9 Å². The zero-order valence-corrected chi connectivity index (χ0v) is 11.6. The summed E-state index contributed by atoms with van der Waals surface area (Å²) in [6.07, 6.45) is 1.77. The minimum atomic E-state index is -0.584. The first-order valence-electron chi connectivity index (χ1n) is 6.38. The lowest BCUT2D eigenvalue weighted by atomic mass is 10.0. The zero-order valence-electron chi connectivity index (χ0n) is 10.8. The highest BCUT2D eigenvalue weighted by atomic mass is 35.5. The number of ether oxygens (including phenoxy) is 1. The molecule has 0 aromatic heterocycles. The van der Waals surface area contributed by atoms with Gasteiger partial charge in [-0.15, -0.1) is 0 Å². The molecular weight excluding hydrogens is 284 g/mol. The number of hydrogen-bond donors (Lipinski definition) is 1. The van der Waals surface area contributed by atoms with Crippen molar-refractivity contribution in [2.45, 2.75) is 12.8 Å². The molecule has 1 heterocycles. The van der Waals surface area contributed by atoms with Gasteiger partial charge in [0, 0.05) is 30.8 Å². The average molecular weight is 299 g/mol. The van der Waals surface area contributed by atoms with Gasteiger partial charge in [-0.05, 0) is 30.9 Å². The first kappa shape index (κ1) is 14.7. The van der Waals surface area contributed by atoms with E-state index in [1.165, 1.54) is 18.2 Å². The number of rotatable bonds is 4. The van der Waals surface area contributed by atoms with E-state index < -0.39 is 10.8 Å². The Morgan fingerprint density at radius 2 is 2.15 bits per heavy atom. The highest BCUT2D eigenvalue weighted by Gasteiger charge is 2.21. The molecule has 1 amide bonds. The van der Waals surface area contributed by atoms with E-state index in [0.717, 1.165) is 12.8 Å². The molecule has 1 aromatic rings. The summed E-state index contributed by atoms with van der Waals surface area (Å²) in [6.45, 7) is 1.88. The number of benzene rings is 1. The van der Waals surface area contributed by atoms with E-state index in [0.29, 0.717) is 30.7 Å². The predicted octanol–water partition coefficient (Wildman–Crippen LogP) is 2.40. The van der Waals surface area contributed by atoms with Gasteiger partial charge in [0.2, 0.25) is 0 Å². The SMILES string of the molecule is O=C(NCC1CCOCC1)c1cc(Cl)ccc1[N+](=O)[O-]. The van der Waals surface area contributed by atoms with E-state index in [4.69, 9.17) is 16.3 Å². The Bertz CT molecular complexity index is 515. The molecule has 7 heteroatoms. The maximum Gasteiger partial charge on any atom is 0.282 e. The van der Waals surface area contributed by atoms with Crippen LogP contribution >= 0.6 is 11.6 Å². The smallest absolute Gasteiger partial charge is 0.282 e. The van der Waals surface area contributed by atoms with Gasteiger partial charge in [-0.2, -0.15) is 0 Å². The summed E-state index contributed by atoms with van der Waals surface area (Å²) >= 11 is 5.80. The van der Waals surface area contributed by atoms with Crippen LogP contribution in [0, 0.1) is 16.0 Å². The summed E-state index contributed by atoms with van der Waals surface area (Å²) in [6, 6.07) is 3.96. The third kappa shape index (κ3) is 3.68. The topological polar surface area (TPSA) is 81.5 Å². The average Bonchev–Trinajstić information content (AvgIpc) is 2.45. The Kier molecular flexibility index (Phi) is 4.92. The summed E-state index contributed by atoms with van der Waals surface area (Å²) in [5.74, 6) is -0.114. The second kappa shape index (κ2) is 6.67. The molecule has 0 saturated carbocycles. The Balaban J connectivity index is 2.04. The Hall–Kier alpha value is -1.66. The number of nitrogens with one attached hydrogen (secondary N) is 1. The second-order valence-electron chi connectivity index (χ2n) is 4.68. The normalized spacial score (nSPS) is 15.8. The summed E-state index contributed by atoms with van der Waals surface area (Å²) in [5, 5.41) is 13.9. The second-order valence-corrected chi connectivity index (χ2v) is 5.12. The molecule has 0 spiro atoms. The molecule has 20 heavy (non-hydrogen) atoms. The van der Waals surface area contributed by atoms with E-state index in [9.17, 15) is 14.9 Å². The van der Waals surface area contributed by atoms with Crippen molar-refractivity contribution >= 4 is 23.2 Å². The standard InChI is InChI=1S/C13H15ClN2O4/c14-10-1-2-12(16(18)19)11(7-10)13(17)15-8-9-3-5-20-6-4-9/h1-2,7,9H,3-6,8H2,(H,15,17). The molecule has 0 aliphatic carbocycles. The fourth-order valence-corrected chi connectivity index (χ4v) is 2.30. The van der Waals surface area contributed by atoms with Crippen LogP contribution < -0.4 is 5.32 Å². The van der Waals surface area contributed by atoms with Gasteiger partial charge in [0.25, 0.3) is 11.6 Å². The Morgan fingerprint density at radius 3 is 2.80 bits per heavy atom. The van der Waals surface area contributed by atoms with Gasteiger partial charge >= 0.3 is 0 Å². The first-order valence-corrected chi connectivity index (χ1v) is 6.75. The number of amides is 1. The van der Waals surface area contributed by atoms with Crippen LogP contribution in [0.4, 0.5) is 5.69 Å². The summed E-state index contributed by atoms with van der Waals surface area (Å²) in [5.41, 5.74) is -0.242. The number of carbonyl (C=O) groups is 1. The maximum absolute atomic E-state index is 12.1. The summed E-state index contributed by atoms with van der Waals surface area (Å²) < 4.78 is 5.24. The Labute approximate surface area is 121 Å². The van der Waals surface area contributed by atoms with E-state index in [-0.39, 0.29) is 11.3 Å². The summed E-state index contributed by atoms with van der Waals surface area (Å²) in [7, 11) is 0. The van der Waals surface area contributed by atoms with E-state index in [1.54, 1.807) is 0 Å². The third-order valence-corrected chi connectivity index (χ3v) is 3.53. The molecule has 0 bridgehead atoms. The van der Waals surface area contributed by atoms with E-state index in [1.807, 2.05) is 0 Å². The molecule has 0 unspecified atom stereocenters. The van der Waals surface area contributed by atoms with Crippen LogP contribution in [0.2, 0.25) is 5.02 Å².